The van der Waals surface area contributed by atoms with Crippen LogP contribution in [0.15, 0.2) is 35.9 Å². The lowest BCUT2D eigenvalue weighted by molar-refractivity contribution is -0.0973. The number of pyridine rings is 1. The number of hydrogen-bond acceptors (Lipinski definition) is 4. The lowest BCUT2D eigenvalue weighted by Gasteiger charge is -2.24. The monoisotopic (exact) mass is 372 g/mol. The molecule has 2 heterocycles. The number of hydrogen-bond donors (Lipinski definition) is 2. The van der Waals surface area contributed by atoms with Crippen molar-refractivity contribution in [2.24, 2.45) is 0 Å². The molecule has 1 atom stereocenters. The molecule has 0 fully saturated rings. The van der Waals surface area contributed by atoms with Crippen LogP contribution in [0.2, 0.25) is 0 Å². The summed E-state index contributed by atoms with van der Waals surface area (Å²) in [5.74, 6) is 0.260. The van der Waals surface area contributed by atoms with Gasteiger partial charge in [0.15, 0.2) is 0 Å². The molecular formula is C18H23F3N2OS. The van der Waals surface area contributed by atoms with Gasteiger partial charge >= 0.3 is 6.18 Å². The topological polar surface area (TPSA) is 45.2 Å². The van der Waals surface area contributed by atoms with Crippen molar-refractivity contribution < 1.29 is 18.3 Å². The van der Waals surface area contributed by atoms with E-state index in [9.17, 15) is 18.3 Å². The molecule has 1 unspecified atom stereocenters. The average Bonchev–Trinajstić information content (AvgIpc) is 2.55. The van der Waals surface area contributed by atoms with E-state index in [1.807, 2.05) is 13.0 Å². The molecule has 3 nitrogen and oxygen atoms in total. The summed E-state index contributed by atoms with van der Waals surface area (Å²) in [4.78, 5) is 4.40. The number of halogens is 3. The Balaban J connectivity index is 2.15. The van der Waals surface area contributed by atoms with Gasteiger partial charge in [0.1, 0.15) is 11.5 Å². The molecule has 1 aromatic rings. The highest BCUT2D eigenvalue weighted by Crippen LogP contribution is 2.31. The van der Waals surface area contributed by atoms with E-state index in [0.717, 1.165) is 30.2 Å². The number of nitrogens with one attached hydrogen (secondary N) is 1. The third-order valence-electron chi connectivity index (χ3n) is 4.08. The van der Waals surface area contributed by atoms with Gasteiger partial charge in [0.05, 0.1) is 5.37 Å². The fraction of sp³-hybridized carbons (Fsp3) is 0.500. The van der Waals surface area contributed by atoms with Gasteiger partial charge in [-0.3, -0.25) is 4.98 Å². The predicted molar refractivity (Wildman–Crippen MR) is 95.3 cm³/mol. The van der Waals surface area contributed by atoms with Gasteiger partial charge in [-0.1, -0.05) is 13.8 Å². The second kappa shape index (κ2) is 8.65. The molecule has 1 aliphatic heterocycles. The zero-order chi connectivity index (χ0) is 18.4. The normalized spacial score (nSPS) is 22.8. The molecule has 2 rings (SSSR count). The van der Waals surface area contributed by atoms with E-state index < -0.39 is 11.9 Å². The van der Waals surface area contributed by atoms with Crippen LogP contribution >= 0.6 is 11.8 Å². The van der Waals surface area contributed by atoms with E-state index in [-0.39, 0.29) is 11.1 Å². The zero-order valence-corrected chi connectivity index (χ0v) is 15.2. The molecule has 0 aromatic carbocycles. The highest BCUT2D eigenvalue weighted by atomic mass is 32.2. The van der Waals surface area contributed by atoms with Crippen molar-refractivity contribution in [1.82, 2.24) is 10.3 Å². The molecule has 138 valence electrons. The fourth-order valence-corrected chi connectivity index (χ4v) is 3.98. The second-order valence-corrected chi connectivity index (χ2v) is 7.00. The van der Waals surface area contributed by atoms with Gasteiger partial charge in [-0.25, -0.2) is 0 Å². The van der Waals surface area contributed by atoms with Gasteiger partial charge in [-0.2, -0.15) is 13.2 Å². The zero-order valence-electron chi connectivity index (χ0n) is 14.4. The van der Waals surface area contributed by atoms with Crippen LogP contribution in [0.3, 0.4) is 0 Å². The number of rotatable bonds is 5. The maximum atomic E-state index is 13.1. The Kier molecular flexibility index (Phi) is 6.81. The molecular weight excluding hydrogens is 349 g/mol. The van der Waals surface area contributed by atoms with Crippen LogP contribution in [0.4, 0.5) is 13.2 Å². The van der Waals surface area contributed by atoms with Crippen molar-refractivity contribution in [3.05, 3.63) is 52.7 Å². The second-order valence-electron chi connectivity index (χ2n) is 5.81. The highest BCUT2D eigenvalue weighted by molar-refractivity contribution is 7.99. The van der Waals surface area contributed by atoms with Gasteiger partial charge < -0.3 is 10.4 Å². The standard InChI is InChI=1S/C18H23F3N2OS/c1-3-12-8-9-22-15(4-2)14(12)11-25-17-7-5-6-13(24)10-16(23-17)18(19,20)21/h6,8-10,17,23-24H,3-5,7,11H2,1-2H3/b13-6+,16-10-. The van der Waals surface area contributed by atoms with Gasteiger partial charge in [0.25, 0.3) is 0 Å². The largest absolute Gasteiger partial charge is 0.508 e. The summed E-state index contributed by atoms with van der Waals surface area (Å²) in [5.41, 5.74) is 2.41. The first kappa shape index (κ1) is 19.7. The number of aryl methyl sites for hydroxylation is 2. The van der Waals surface area contributed by atoms with Gasteiger partial charge in [0.2, 0.25) is 0 Å². The molecule has 2 N–H and O–H groups in total. The van der Waals surface area contributed by atoms with Gasteiger partial charge in [-0.05, 0) is 49.0 Å². The predicted octanol–water partition coefficient (Wildman–Crippen LogP) is 5.04. The maximum absolute atomic E-state index is 13.1. The highest BCUT2D eigenvalue weighted by Gasteiger charge is 2.36. The van der Waals surface area contributed by atoms with Crippen LogP contribution in [-0.2, 0) is 18.6 Å². The summed E-state index contributed by atoms with van der Waals surface area (Å²) in [7, 11) is 0. The summed E-state index contributed by atoms with van der Waals surface area (Å²) in [5, 5.41) is 11.7. The fourth-order valence-electron chi connectivity index (χ4n) is 2.74. The van der Waals surface area contributed by atoms with E-state index in [4.69, 9.17) is 0 Å². The minimum Gasteiger partial charge on any atom is -0.508 e. The van der Waals surface area contributed by atoms with Crippen molar-refractivity contribution in [1.29, 1.82) is 0 Å². The summed E-state index contributed by atoms with van der Waals surface area (Å²) < 4.78 is 39.3. The van der Waals surface area contributed by atoms with Gasteiger partial charge in [-0.15, -0.1) is 11.8 Å². The van der Waals surface area contributed by atoms with E-state index in [1.165, 1.54) is 23.4 Å². The van der Waals surface area contributed by atoms with Crippen LogP contribution in [0.25, 0.3) is 0 Å². The molecule has 0 spiro atoms. The molecule has 0 radical (unpaired) electrons. The third-order valence-corrected chi connectivity index (χ3v) is 5.29. The Labute approximate surface area is 150 Å². The van der Waals surface area contributed by atoms with Gasteiger partial charge in [0, 0.05) is 23.7 Å². The van der Waals surface area contributed by atoms with Crippen molar-refractivity contribution >= 4 is 11.8 Å². The lowest BCUT2D eigenvalue weighted by Crippen LogP contribution is -2.34. The summed E-state index contributed by atoms with van der Waals surface area (Å²) >= 11 is 1.45. The van der Waals surface area contributed by atoms with Crippen molar-refractivity contribution in [3.63, 3.8) is 0 Å². The summed E-state index contributed by atoms with van der Waals surface area (Å²) in [6, 6.07) is 1.97. The Morgan fingerprint density at radius 1 is 1.32 bits per heavy atom. The number of allylic oxidation sites excluding steroid dienone is 3. The van der Waals surface area contributed by atoms with E-state index in [1.54, 1.807) is 6.20 Å². The Hall–Kier alpha value is -1.63. The lowest BCUT2D eigenvalue weighted by atomic mass is 10.0. The molecule has 1 aliphatic rings. The molecule has 0 saturated heterocycles. The number of thioether (sulfide) groups is 1. The number of nitrogens with zero attached hydrogens (tertiary/aromatic N) is 1. The Bertz CT molecular complexity index is 634. The van der Waals surface area contributed by atoms with Crippen molar-refractivity contribution in [2.45, 2.75) is 56.8 Å². The Morgan fingerprint density at radius 2 is 2.08 bits per heavy atom. The molecule has 1 aromatic heterocycles. The van der Waals surface area contributed by atoms with Crippen molar-refractivity contribution in [2.75, 3.05) is 0 Å². The number of aliphatic hydroxyl groups excluding tert-OH is 1. The molecule has 0 aliphatic carbocycles. The van der Waals surface area contributed by atoms with Crippen LogP contribution in [0.1, 0.15) is 43.5 Å². The molecule has 0 bridgehead atoms. The van der Waals surface area contributed by atoms with E-state index in [0.29, 0.717) is 18.6 Å². The molecule has 0 saturated carbocycles. The first-order chi connectivity index (χ1) is 11.8. The van der Waals surface area contributed by atoms with Crippen LogP contribution < -0.4 is 5.32 Å². The quantitative estimate of drug-likeness (QED) is 0.760. The SMILES string of the molecule is CCc1ccnc(CC)c1CSC1CC/C=C(O)\C=C(\C(F)(F)F)N1. The van der Waals surface area contributed by atoms with Crippen molar-refractivity contribution in [3.8, 4) is 0 Å². The molecule has 0 amide bonds. The van der Waals surface area contributed by atoms with Crippen LogP contribution in [0, 0.1) is 0 Å². The maximum Gasteiger partial charge on any atom is 0.431 e. The number of aliphatic hydroxyl groups is 1. The first-order valence-electron chi connectivity index (χ1n) is 8.36. The minimum atomic E-state index is -4.52. The summed E-state index contributed by atoms with van der Waals surface area (Å²) in [6.07, 6.45) is 2.15. The number of aromatic nitrogens is 1. The van der Waals surface area contributed by atoms with Crippen LogP contribution in [0.5, 0.6) is 0 Å². The molecule has 7 heteroatoms. The van der Waals surface area contributed by atoms with E-state index in [2.05, 4.69) is 17.2 Å². The Morgan fingerprint density at radius 3 is 2.72 bits per heavy atom. The first-order valence-corrected chi connectivity index (χ1v) is 9.41. The smallest absolute Gasteiger partial charge is 0.431 e. The average molecular weight is 372 g/mol. The minimum absolute atomic E-state index is 0.350. The molecule has 25 heavy (non-hydrogen) atoms. The number of alkyl halides is 3. The van der Waals surface area contributed by atoms with E-state index >= 15 is 0 Å². The van der Waals surface area contributed by atoms with Crippen LogP contribution in [-0.4, -0.2) is 21.6 Å². The summed E-state index contributed by atoms with van der Waals surface area (Å²) in [6.45, 7) is 4.09. The third kappa shape index (κ3) is 5.42.